The van der Waals surface area contributed by atoms with Gasteiger partial charge < -0.3 is 20.7 Å². The average Bonchev–Trinajstić information content (AvgIpc) is 3.41. The molecule has 0 fully saturated rings. The predicted octanol–water partition coefficient (Wildman–Crippen LogP) is 7.32. The zero-order valence-corrected chi connectivity index (χ0v) is 27.6. The molecule has 1 aliphatic carbocycles. The molecule has 3 aromatic carbocycles. The van der Waals surface area contributed by atoms with Crippen LogP contribution < -0.4 is 16.0 Å². The first-order valence-corrected chi connectivity index (χ1v) is 16.8. The third-order valence-corrected chi connectivity index (χ3v) is 9.66. The number of nitrogens with one attached hydrogen (secondary N) is 3. The van der Waals surface area contributed by atoms with Crippen molar-refractivity contribution < 1.29 is 23.9 Å². The van der Waals surface area contributed by atoms with E-state index in [1.165, 1.54) is 30.2 Å². The molecular weight excluding hydrogens is 674 g/mol. The van der Waals surface area contributed by atoms with E-state index in [1.807, 2.05) is 36.4 Å². The van der Waals surface area contributed by atoms with E-state index in [0.29, 0.717) is 21.8 Å². The summed E-state index contributed by atoms with van der Waals surface area (Å²) in [5.74, 6) is -1.50. The highest BCUT2D eigenvalue weighted by atomic mass is 79.9. The van der Waals surface area contributed by atoms with Gasteiger partial charge in [-0.1, -0.05) is 52.3 Å². The van der Waals surface area contributed by atoms with Crippen LogP contribution in [0.25, 0.3) is 6.08 Å². The third kappa shape index (κ3) is 8.50. The Labute approximate surface area is 277 Å². The normalized spacial score (nSPS) is 12.5. The summed E-state index contributed by atoms with van der Waals surface area (Å²) in [6.45, 7) is 0. The van der Waals surface area contributed by atoms with Crippen LogP contribution in [0.4, 0.5) is 10.7 Å². The number of benzene rings is 3. The molecule has 8 nitrogen and oxygen atoms in total. The number of rotatable bonds is 10. The number of thiophene rings is 1. The molecule has 4 aromatic rings. The molecule has 0 bridgehead atoms. The zero-order valence-electron chi connectivity index (χ0n) is 24.4. The molecule has 3 N–H and O–H groups in total. The van der Waals surface area contributed by atoms with Crippen LogP contribution in [0.3, 0.4) is 0 Å². The average molecular weight is 705 g/mol. The van der Waals surface area contributed by atoms with Gasteiger partial charge in [-0.05, 0) is 85.4 Å². The smallest absolute Gasteiger partial charge is 0.341 e. The van der Waals surface area contributed by atoms with Crippen molar-refractivity contribution in [3.8, 4) is 0 Å². The number of hydrogen-bond acceptors (Lipinski definition) is 7. The van der Waals surface area contributed by atoms with E-state index in [-0.39, 0.29) is 17.4 Å². The number of halogens is 1. The predicted molar refractivity (Wildman–Crippen MR) is 183 cm³/mol. The number of aryl methyl sites for hydroxylation is 1. The highest BCUT2D eigenvalue weighted by Gasteiger charge is 2.27. The Hall–Kier alpha value is -4.19. The fourth-order valence-corrected chi connectivity index (χ4v) is 7.32. The van der Waals surface area contributed by atoms with Crippen LogP contribution in [-0.2, 0) is 27.2 Å². The minimum Gasteiger partial charge on any atom is -0.465 e. The molecule has 11 heteroatoms. The Morgan fingerprint density at radius 2 is 1.71 bits per heavy atom. The molecule has 3 amide bonds. The van der Waals surface area contributed by atoms with E-state index < -0.39 is 17.8 Å². The van der Waals surface area contributed by atoms with Gasteiger partial charge in [-0.2, -0.15) is 0 Å². The molecule has 0 spiro atoms. The van der Waals surface area contributed by atoms with Crippen molar-refractivity contribution in [2.45, 2.75) is 30.6 Å². The lowest BCUT2D eigenvalue weighted by atomic mass is 9.95. The molecule has 230 valence electrons. The number of thioether (sulfide) groups is 1. The molecule has 0 atom stereocenters. The number of carbonyl (C=O) groups is 4. The van der Waals surface area contributed by atoms with Crippen LogP contribution in [0, 0.1) is 0 Å². The Kier molecular flexibility index (Phi) is 10.9. The number of fused-ring (bicyclic) bond motifs is 1. The van der Waals surface area contributed by atoms with Gasteiger partial charge in [0.15, 0.2) is 0 Å². The third-order valence-electron chi connectivity index (χ3n) is 6.96. The Bertz CT molecular complexity index is 1770. The molecule has 1 aromatic heterocycles. The van der Waals surface area contributed by atoms with Crippen molar-refractivity contribution in [3.63, 3.8) is 0 Å². The zero-order chi connectivity index (χ0) is 31.8. The molecule has 1 heterocycles. The van der Waals surface area contributed by atoms with Crippen LogP contribution in [0.1, 0.15) is 49.6 Å². The highest BCUT2D eigenvalue weighted by molar-refractivity contribution is 9.10. The Morgan fingerprint density at radius 3 is 2.49 bits per heavy atom. The maximum absolute atomic E-state index is 13.4. The molecule has 0 radical (unpaired) electrons. The first-order valence-electron chi connectivity index (χ1n) is 14.2. The Balaban J connectivity index is 1.26. The highest BCUT2D eigenvalue weighted by Crippen LogP contribution is 2.38. The van der Waals surface area contributed by atoms with Gasteiger partial charge in [-0.15, -0.1) is 23.1 Å². The lowest BCUT2D eigenvalue weighted by Crippen LogP contribution is -2.30. The molecule has 5 rings (SSSR count). The Morgan fingerprint density at radius 1 is 0.933 bits per heavy atom. The fraction of sp³-hybridized carbons (Fsp3) is 0.176. The lowest BCUT2D eigenvalue weighted by Gasteiger charge is -2.12. The van der Waals surface area contributed by atoms with E-state index in [4.69, 9.17) is 4.74 Å². The summed E-state index contributed by atoms with van der Waals surface area (Å²) in [5.41, 5.74) is 3.16. The summed E-state index contributed by atoms with van der Waals surface area (Å²) < 4.78 is 5.84. The van der Waals surface area contributed by atoms with Crippen molar-refractivity contribution >= 4 is 79.5 Å². The molecule has 45 heavy (non-hydrogen) atoms. The number of ether oxygens (including phenoxy) is 1. The summed E-state index contributed by atoms with van der Waals surface area (Å²) in [6, 6.07) is 23.1. The van der Waals surface area contributed by atoms with Crippen molar-refractivity contribution in [3.05, 3.63) is 116 Å². The van der Waals surface area contributed by atoms with Gasteiger partial charge in [0.1, 0.15) is 10.7 Å². The van der Waals surface area contributed by atoms with Crippen LogP contribution in [0.5, 0.6) is 0 Å². The standard InChI is InChI=1S/C34H30BrN3O5S2/c1-43-34(42)30-26-15-5-6-16-28(26)45-33(30)38-29(39)20-44-25-14-8-13-24(19-25)36-32(41)27(18-21-9-7-12-23(35)17-21)37-31(40)22-10-3-2-4-11-22/h2-4,7-14,17-19H,5-6,15-16,20H2,1H3,(H,36,41)(H,37,40)(H,38,39)/b27-18+. The van der Waals surface area contributed by atoms with Gasteiger partial charge in [-0.3, -0.25) is 14.4 Å². The van der Waals surface area contributed by atoms with E-state index in [1.54, 1.807) is 48.5 Å². The van der Waals surface area contributed by atoms with E-state index in [9.17, 15) is 19.2 Å². The molecule has 0 saturated carbocycles. The van der Waals surface area contributed by atoms with E-state index in [0.717, 1.165) is 51.1 Å². The number of amides is 3. The van der Waals surface area contributed by atoms with Crippen LogP contribution in [0.2, 0.25) is 0 Å². The SMILES string of the molecule is COC(=O)c1c(NC(=O)CSc2cccc(NC(=O)/C(=C\c3cccc(Br)c3)NC(=O)c3ccccc3)c2)sc2c1CCCC2. The van der Waals surface area contributed by atoms with Crippen LogP contribution in [-0.4, -0.2) is 36.6 Å². The molecular formula is C34H30BrN3O5S2. The minimum absolute atomic E-state index is 0.0689. The van der Waals surface area contributed by atoms with E-state index in [2.05, 4.69) is 31.9 Å². The van der Waals surface area contributed by atoms with Gasteiger partial charge in [0.05, 0.1) is 18.4 Å². The second-order valence-corrected chi connectivity index (χ2v) is 13.2. The number of esters is 1. The first-order chi connectivity index (χ1) is 21.8. The first kappa shape index (κ1) is 32.2. The summed E-state index contributed by atoms with van der Waals surface area (Å²) in [7, 11) is 1.35. The summed E-state index contributed by atoms with van der Waals surface area (Å²) in [4.78, 5) is 53.7. The van der Waals surface area contributed by atoms with Crippen molar-refractivity contribution in [1.82, 2.24) is 5.32 Å². The summed E-state index contributed by atoms with van der Waals surface area (Å²) >= 11 is 6.18. The summed E-state index contributed by atoms with van der Waals surface area (Å²) in [5, 5.41) is 9.04. The maximum Gasteiger partial charge on any atom is 0.341 e. The van der Waals surface area contributed by atoms with Gasteiger partial charge in [-0.25, -0.2) is 4.79 Å². The number of methoxy groups -OCH3 is 1. The largest absolute Gasteiger partial charge is 0.465 e. The van der Waals surface area contributed by atoms with Gasteiger partial charge in [0, 0.05) is 25.5 Å². The van der Waals surface area contributed by atoms with Crippen molar-refractivity contribution in [2.75, 3.05) is 23.5 Å². The molecule has 0 saturated heterocycles. The quantitative estimate of drug-likeness (QED) is 0.0907. The van der Waals surface area contributed by atoms with E-state index >= 15 is 0 Å². The molecule has 1 aliphatic rings. The monoisotopic (exact) mass is 703 g/mol. The second kappa shape index (κ2) is 15.2. The minimum atomic E-state index is -0.504. The van der Waals surface area contributed by atoms with Crippen LogP contribution in [0.15, 0.2) is 93.9 Å². The molecule has 0 aliphatic heterocycles. The second-order valence-electron chi connectivity index (χ2n) is 10.2. The fourth-order valence-electron chi connectivity index (χ4n) is 4.85. The van der Waals surface area contributed by atoms with Crippen LogP contribution >= 0.6 is 39.0 Å². The summed E-state index contributed by atoms with van der Waals surface area (Å²) in [6.07, 6.45) is 5.36. The number of carbonyl (C=O) groups excluding carboxylic acids is 4. The van der Waals surface area contributed by atoms with Crippen molar-refractivity contribution in [1.29, 1.82) is 0 Å². The maximum atomic E-state index is 13.4. The topological polar surface area (TPSA) is 114 Å². The van der Waals surface area contributed by atoms with Gasteiger partial charge in [0.2, 0.25) is 5.91 Å². The number of hydrogen-bond donors (Lipinski definition) is 3. The number of anilines is 2. The van der Waals surface area contributed by atoms with Crippen molar-refractivity contribution in [2.24, 2.45) is 0 Å². The van der Waals surface area contributed by atoms with Gasteiger partial charge >= 0.3 is 5.97 Å². The molecule has 0 unspecified atom stereocenters. The van der Waals surface area contributed by atoms with Gasteiger partial charge in [0.25, 0.3) is 11.8 Å². The lowest BCUT2D eigenvalue weighted by molar-refractivity contribution is -0.114.